The second kappa shape index (κ2) is 4.65. The normalized spacial score (nSPS) is 18.3. The van der Waals surface area contributed by atoms with Crippen LogP contribution in [0.25, 0.3) is 0 Å². The van der Waals surface area contributed by atoms with Crippen LogP contribution in [0.2, 0.25) is 10.0 Å². The van der Waals surface area contributed by atoms with Crippen LogP contribution in [0, 0.1) is 16.7 Å². The maximum absolute atomic E-state index is 9.32. The van der Waals surface area contributed by atoms with Crippen LogP contribution in [-0.2, 0) is 6.42 Å². The van der Waals surface area contributed by atoms with E-state index in [1.807, 2.05) is 18.2 Å². The lowest BCUT2D eigenvalue weighted by molar-refractivity contribution is 0.408. The summed E-state index contributed by atoms with van der Waals surface area (Å²) >= 11 is 12.3. The van der Waals surface area contributed by atoms with Gasteiger partial charge in [-0.05, 0) is 37.0 Å². The molecule has 0 atom stereocenters. The Bertz CT molecular complexity index is 408. The minimum absolute atomic E-state index is 0.241. The van der Waals surface area contributed by atoms with Crippen molar-refractivity contribution in [3.8, 4) is 6.07 Å². The van der Waals surface area contributed by atoms with Crippen molar-refractivity contribution in [1.29, 1.82) is 5.26 Å². The predicted octanol–water partition coefficient (Wildman–Crippen LogP) is 4.62. The van der Waals surface area contributed by atoms with Gasteiger partial charge in [-0.2, -0.15) is 5.26 Å². The number of rotatable bonds is 2. The fourth-order valence-corrected chi connectivity index (χ4v) is 2.95. The molecule has 1 aliphatic carbocycles. The second-order valence-electron chi connectivity index (χ2n) is 4.48. The Morgan fingerprint density at radius 1 is 1.19 bits per heavy atom. The Kier molecular flexibility index (Phi) is 3.42. The summed E-state index contributed by atoms with van der Waals surface area (Å²) in [6.45, 7) is 0. The number of hydrogen-bond donors (Lipinski definition) is 0. The molecule has 2 rings (SSSR count). The summed E-state index contributed by atoms with van der Waals surface area (Å²) in [6.07, 6.45) is 4.88. The van der Waals surface area contributed by atoms with E-state index in [-0.39, 0.29) is 5.41 Å². The Balaban J connectivity index is 2.30. The molecule has 16 heavy (non-hydrogen) atoms. The maximum Gasteiger partial charge on any atom is 0.0693 e. The van der Waals surface area contributed by atoms with Crippen LogP contribution >= 0.6 is 23.2 Å². The van der Waals surface area contributed by atoms with E-state index >= 15 is 0 Å². The largest absolute Gasteiger partial charge is 0.198 e. The second-order valence-corrected chi connectivity index (χ2v) is 5.29. The fraction of sp³-hybridized carbons (Fsp3) is 0.462. The smallest absolute Gasteiger partial charge is 0.0693 e. The Morgan fingerprint density at radius 3 is 2.25 bits per heavy atom. The van der Waals surface area contributed by atoms with Crippen molar-refractivity contribution in [2.75, 3.05) is 0 Å². The quantitative estimate of drug-likeness (QED) is 0.755. The van der Waals surface area contributed by atoms with Crippen LogP contribution in [-0.4, -0.2) is 0 Å². The molecular weight excluding hydrogens is 241 g/mol. The average molecular weight is 254 g/mol. The molecule has 1 aromatic rings. The molecule has 1 saturated carbocycles. The van der Waals surface area contributed by atoms with Gasteiger partial charge in [0.05, 0.1) is 11.5 Å². The molecule has 0 heterocycles. The topological polar surface area (TPSA) is 23.8 Å². The Morgan fingerprint density at radius 2 is 1.75 bits per heavy atom. The summed E-state index contributed by atoms with van der Waals surface area (Å²) in [6, 6.07) is 7.97. The number of halogens is 2. The minimum atomic E-state index is -0.241. The van der Waals surface area contributed by atoms with E-state index in [4.69, 9.17) is 23.2 Å². The van der Waals surface area contributed by atoms with Crippen LogP contribution in [0.4, 0.5) is 0 Å². The molecule has 1 nitrogen and oxygen atoms in total. The fourth-order valence-electron chi connectivity index (χ4n) is 2.42. The van der Waals surface area contributed by atoms with Crippen LogP contribution in [0.1, 0.15) is 31.2 Å². The highest BCUT2D eigenvalue weighted by molar-refractivity contribution is 6.36. The van der Waals surface area contributed by atoms with E-state index in [0.29, 0.717) is 16.5 Å². The molecule has 0 aromatic heterocycles. The van der Waals surface area contributed by atoms with Gasteiger partial charge in [0.25, 0.3) is 0 Å². The predicted molar refractivity (Wildman–Crippen MR) is 66.7 cm³/mol. The van der Waals surface area contributed by atoms with Gasteiger partial charge in [0.2, 0.25) is 0 Å². The molecule has 0 N–H and O–H groups in total. The van der Waals surface area contributed by atoms with E-state index in [0.717, 1.165) is 31.2 Å². The summed E-state index contributed by atoms with van der Waals surface area (Å²) in [4.78, 5) is 0. The molecule has 3 heteroatoms. The maximum atomic E-state index is 9.32. The first-order valence-corrected chi connectivity index (χ1v) is 6.27. The third kappa shape index (κ3) is 2.19. The standard InChI is InChI=1S/C13H13Cl2N/c14-11-4-3-5-12(15)10(11)8-13(9-16)6-1-2-7-13/h3-5H,1-2,6-8H2. The van der Waals surface area contributed by atoms with Gasteiger partial charge in [-0.15, -0.1) is 0 Å². The third-order valence-electron chi connectivity index (χ3n) is 3.37. The zero-order chi connectivity index (χ0) is 11.6. The van der Waals surface area contributed by atoms with Crippen LogP contribution in [0.3, 0.4) is 0 Å². The van der Waals surface area contributed by atoms with Crippen molar-refractivity contribution >= 4 is 23.2 Å². The first kappa shape index (κ1) is 11.8. The number of nitrogens with zero attached hydrogens (tertiary/aromatic N) is 1. The van der Waals surface area contributed by atoms with Gasteiger partial charge in [0.15, 0.2) is 0 Å². The van der Waals surface area contributed by atoms with E-state index in [1.54, 1.807) is 0 Å². The molecule has 1 fully saturated rings. The molecule has 0 aliphatic heterocycles. The van der Waals surface area contributed by atoms with Gasteiger partial charge in [0, 0.05) is 10.0 Å². The Hall–Kier alpha value is -0.710. The molecule has 1 aromatic carbocycles. The molecule has 0 radical (unpaired) electrons. The summed E-state index contributed by atoms with van der Waals surface area (Å²) in [5.41, 5.74) is 0.684. The minimum Gasteiger partial charge on any atom is -0.198 e. The highest BCUT2D eigenvalue weighted by atomic mass is 35.5. The first-order valence-electron chi connectivity index (χ1n) is 5.51. The first-order chi connectivity index (χ1) is 7.67. The summed E-state index contributed by atoms with van der Waals surface area (Å²) in [5.74, 6) is 0. The van der Waals surface area contributed by atoms with Gasteiger partial charge >= 0.3 is 0 Å². The molecule has 0 bridgehead atoms. The molecule has 1 aliphatic rings. The van der Waals surface area contributed by atoms with Crippen molar-refractivity contribution in [2.45, 2.75) is 32.1 Å². The summed E-state index contributed by atoms with van der Waals surface area (Å²) < 4.78 is 0. The molecule has 0 amide bonds. The van der Waals surface area contributed by atoms with Crippen molar-refractivity contribution < 1.29 is 0 Å². The van der Waals surface area contributed by atoms with Gasteiger partial charge in [-0.1, -0.05) is 42.1 Å². The molecule has 0 saturated heterocycles. The third-order valence-corrected chi connectivity index (χ3v) is 4.08. The van der Waals surface area contributed by atoms with E-state index in [2.05, 4.69) is 6.07 Å². The number of hydrogen-bond acceptors (Lipinski definition) is 1. The van der Waals surface area contributed by atoms with Crippen LogP contribution in [0.15, 0.2) is 18.2 Å². The van der Waals surface area contributed by atoms with E-state index < -0.39 is 0 Å². The van der Waals surface area contributed by atoms with Crippen molar-refractivity contribution in [3.63, 3.8) is 0 Å². The van der Waals surface area contributed by atoms with Crippen LogP contribution in [0.5, 0.6) is 0 Å². The zero-order valence-corrected chi connectivity index (χ0v) is 10.5. The molecule has 84 valence electrons. The zero-order valence-electron chi connectivity index (χ0n) is 8.97. The lowest BCUT2D eigenvalue weighted by Crippen LogP contribution is -2.17. The lowest BCUT2D eigenvalue weighted by atomic mass is 9.81. The molecule has 0 unspecified atom stereocenters. The average Bonchev–Trinajstić information content (AvgIpc) is 2.73. The highest BCUT2D eigenvalue weighted by Gasteiger charge is 2.35. The molecular formula is C13H13Cl2N. The van der Waals surface area contributed by atoms with E-state index in [1.165, 1.54) is 0 Å². The van der Waals surface area contributed by atoms with Gasteiger partial charge in [-0.25, -0.2) is 0 Å². The molecule has 0 spiro atoms. The van der Waals surface area contributed by atoms with Gasteiger partial charge in [-0.3, -0.25) is 0 Å². The summed E-state index contributed by atoms with van der Waals surface area (Å²) in [7, 11) is 0. The lowest BCUT2D eigenvalue weighted by Gasteiger charge is -2.21. The van der Waals surface area contributed by atoms with E-state index in [9.17, 15) is 5.26 Å². The monoisotopic (exact) mass is 253 g/mol. The van der Waals surface area contributed by atoms with Crippen molar-refractivity contribution in [3.05, 3.63) is 33.8 Å². The van der Waals surface area contributed by atoms with Crippen LogP contribution < -0.4 is 0 Å². The number of benzene rings is 1. The Labute approximate surface area is 106 Å². The van der Waals surface area contributed by atoms with Crippen molar-refractivity contribution in [2.24, 2.45) is 5.41 Å². The number of nitriles is 1. The summed E-state index contributed by atoms with van der Waals surface area (Å²) in [5, 5.41) is 10.7. The van der Waals surface area contributed by atoms with Gasteiger partial charge in [0.1, 0.15) is 0 Å². The SMILES string of the molecule is N#CC1(Cc2c(Cl)cccc2Cl)CCCC1. The van der Waals surface area contributed by atoms with Crippen molar-refractivity contribution in [1.82, 2.24) is 0 Å². The van der Waals surface area contributed by atoms with Gasteiger partial charge < -0.3 is 0 Å². The highest BCUT2D eigenvalue weighted by Crippen LogP contribution is 2.42.